The molecule has 1 rings (SSSR count). The average Bonchev–Trinajstić information content (AvgIpc) is 2.04. The van der Waals surface area contributed by atoms with Crippen molar-refractivity contribution < 1.29 is 0 Å². The molecule has 0 aliphatic carbocycles. The maximum absolute atomic E-state index is 8.51. The van der Waals surface area contributed by atoms with Crippen LogP contribution in [0.2, 0.25) is 5.02 Å². The Bertz CT molecular complexity index is 324. The van der Waals surface area contributed by atoms with Crippen molar-refractivity contribution in [3.05, 3.63) is 34.3 Å². The molecule has 0 heterocycles. The van der Waals surface area contributed by atoms with Gasteiger partial charge in [-0.15, -0.1) is 12.4 Å². The minimum Gasteiger partial charge on any atom is -0.323 e. The summed E-state index contributed by atoms with van der Waals surface area (Å²) in [6.07, 6.45) is 0.296. The van der Waals surface area contributed by atoms with Gasteiger partial charge < -0.3 is 5.73 Å². The predicted octanol–water partition coefficient (Wildman–Crippen LogP) is 2.98. The number of hydrogen-bond donors (Lipinski definition) is 1. The Labute approximate surface area is 95.1 Å². The highest BCUT2D eigenvalue weighted by Crippen LogP contribution is 2.26. The van der Waals surface area contributed by atoms with Gasteiger partial charge in [0.1, 0.15) is 0 Å². The number of rotatable bonds is 2. The summed E-state index contributed by atoms with van der Waals surface area (Å²) in [6.45, 7) is 1.94. The molecule has 1 aromatic rings. The summed E-state index contributed by atoms with van der Waals surface area (Å²) in [5, 5.41) is 9.15. The van der Waals surface area contributed by atoms with Crippen LogP contribution in [0.1, 0.15) is 23.6 Å². The normalized spacial score (nSPS) is 11.3. The van der Waals surface area contributed by atoms with Crippen LogP contribution in [-0.2, 0) is 0 Å². The number of hydrogen-bond acceptors (Lipinski definition) is 2. The van der Waals surface area contributed by atoms with Gasteiger partial charge in [-0.05, 0) is 24.1 Å². The Kier molecular flexibility index (Phi) is 5.56. The first kappa shape index (κ1) is 13.2. The van der Waals surface area contributed by atoms with Crippen molar-refractivity contribution in [2.24, 2.45) is 5.73 Å². The molecule has 0 amide bonds. The highest BCUT2D eigenvalue weighted by molar-refractivity contribution is 6.31. The third kappa shape index (κ3) is 2.88. The van der Waals surface area contributed by atoms with Crippen molar-refractivity contribution >= 4 is 24.0 Å². The van der Waals surface area contributed by atoms with E-state index in [1.165, 1.54) is 0 Å². The van der Waals surface area contributed by atoms with Crippen molar-refractivity contribution in [3.8, 4) is 6.07 Å². The molecular formula is C10H12Cl2N2. The third-order valence-electron chi connectivity index (χ3n) is 1.95. The summed E-state index contributed by atoms with van der Waals surface area (Å²) in [4.78, 5) is 0. The molecule has 0 radical (unpaired) electrons. The van der Waals surface area contributed by atoms with Crippen LogP contribution in [0.4, 0.5) is 0 Å². The molecule has 0 saturated carbocycles. The molecule has 1 atom stereocenters. The van der Waals surface area contributed by atoms with Gasteiger partial charge in [0.15, 0.2) is 0 Å². The van der Waals surface area contributed by atoms with Crippen LogP contribution in [0.15, 0.2) is 18.2 Å². The molecule has 0 bridgehead atoms. The van der Waals surface area contributed by atoms with Gasteiger partial charge in [-0.1, -0.05) is 23.7 Å². The Hall–Kier alpha value is -0.750. The minimum atomic E-state index is -0.279. The lowest BCUT2D eigenvalue weighted by Gasteiger charge is -2.12. The Morgan fingerprint density at radius 1 is 1.57 bits per heavy atom. The largest absolute Gasteiger partial charge is 0.323 e. The van der Waals surface area contributed by atoms with E-state index in [4.69, 9.17) is 22.6 Å². The monoisotopic (exact) mass is 230 g/mol. The van der Waals surface area contributed by atoms with Crippen LogP contribution < -0.4 is 5.73 Å². The van der Waals surface area contributed by atoms with E-state index in [9.17, 15) is 0 Å². The van der Waals surface area contributed by atoms with E-state index in [-0.39, 0.29) is 18.4 Å². The fourth-order valence-electron chi connectivity index (χ4n) is 1.31. The summed E-state index contributed by atoms with van der Waals surface area (Å²) in [6, 6.07) is 7.37. The molecule has 0 aliphatic rings. The van der Waals surface area contributed by atoms with Crippen LogP contribution in [-0.4, -0.2) is 0 Å². The maximum atomic E-state index is 8.51. The summed E-state index contributed by atoms with van der Waals surface area (Å²) in [5.74, 6) is 0. The number of nitrogens with zero attached hydrogens (tertiary/aromatic N) is 1. The molecular weight excluding hydrogens is 219 g/mol. The number of nitriles is 1. The average molecular weight is 231 g/mol. The fourth-order valence-corrected chi connectivity index (χ4v) is 1.68. The summed E-state index contributed by atoms with van der Waals surface area (Å²) < 4.78 is 0. The lowest BCUT2D eigenvalue weighted by molar-refractivity contribution is 0.743. The van der Waals surface area contributed by atoms with Crippen LogP contribution in [0.5, 0.6) is 0 Å². The van der Waals surface area contributed by atoms with Crippen molar-refractivity contribution in [3.63, 3.8) is 0 Å². The third-order valence-corrected chi connectivity index (χ3v) is 2.28. The number of nitrogens with two attached hydrogens (primary N) is 1. The molecule has 14 heavy (non-hydrogen) atoms. The summed E-state index contributed by atoms with van der Waals surface area (Å²) in [7, 11) is 0. The smallest absolute Gasteiger partial charge is 0.0641 e. The second-order valence-corrected chi connectivity index (χ2v) is 3.35. The number of halogens is 2. The molecule has 2 N–H and O–H groups in total. The van der Waals surface area contributed by atoms with E-state index in [0.717, 1.165) is 11.1 Å². The van der Waals surface area contributed by atoms with Crippen LogP contribution in [0.25, 0.3) is 0 Å². The SMILES string of the molecule is Cc1cccc(Cl)c1[C@H](N)CC#N.Cl. The molecule has 1 aromatic carbocycles. The molecule has 0 fully saturated rings. The highest BCUT2D eigenvalue weighted by atomic mass is 35.5. The van der Waals surface area contributed by atoms with Gasteiger partial charge in [0, 0.05) is 11.1 Å². The van der Waals surface area contributed by atoms with Crippen LogP contribution >= 0.6 is 24.0 Å². The van der Waals surface area contributed by atoms with Crippen molar-refractivity contribution in [1.29, 1.82) is 5.26 Å². The van der Waals surface area contributed by atoms with Crippen molar-refractivity contribution in [1.82, 2.24) is 0 Å². The first-order valence-corrected chi connectivity index (χ1v) is 4.42. The molecule has 2 nitrogen and oxygen atoms in total. The van der Waals surface area contributed by atoms with Crippen molar-refractivity contribution in [2.45, 2.75) is 19.4 Å². The highest BCUT2D eigenvalue weighted by Gasteiger charge is 2.11. The predicted molar refractivity (Wildman–Crippen MR) is 60.6 cm³/mol. The summed E-state index contributed by atoms with van der Waals surface area (Å²) >= 11 is 5.97. The van der Waals surface area contributed by atoms with Gasteiger partial charge in [-0.25, -0.2) is 0 Å². The fraction of sp³-hybridized carbons (Fsp3) is 0.300. The second-order valence-electron chi connectivity index (χ2n) is 2.94. The van der Waals surface area contributed by atoms with Gasteiger partial charge in [0.2, 0.25) is 0 Å². The molecule has 76 valence electrons. The van der Waals surface area contributed by atoms with Crippen LogP contribution in [0.3, 0.4) is 0 Å². The minimum absolute atomic E-state index is 0. The van der Waals surface area contributed by atoms with Gasteiger partial charge in [-0.3, -0.25) is 0 Å². The van der Waals surface area contributed by atoms with Crippen molar-refractivity contribution in [2.75, 3.05) is 0 Å². The van der Waals surface area contributed by atoms with E-state index >= 15 is 0 Å². The van der Waals surface area contributed by atoms with E-state index < -0.39 is 0 Å². The standard InChI is InChI=1S/C10H11ClN2.ClH/c1-7-3-2-4-8(11)10(7)9(13)5-6-12;/h2-4,9H,5,13H2,1H3;1H/t9-;/m1./s1. The quantitative estimate of drug-likeness (QED) is 0.850. The topological polar surface area (TPSA) is 49.8 Å². The lowest BCUT2D eigenvalue weighted by Crippen LogP contribution is -2.11. The van der Waals surface area contributed by atoms with E-state index in [0.29, 0.717) is 11.4 Å². The number of aryl methyl sites for hydroxylation is 1. The van der Waals surface area contributed by atoms with Gasteiger partial charge in [0.25, 0.3) is 0 Å². The van der Waals surface area contributed by atoms with E-state index in [1.807, 2.05) is 25.1 Å². The number of benzene rings is 1. The Morgan fingerprint density at radius 3 is 2.71 bits per heavy atom. The Morgan fingerprint density at radius 2 is 2.21 bits per heavy atom. The second kappa shape index (κ2) is 5.87. The van der Waals surface area contributed by atoms with Gasteiger partial charge >= 0.3 is 0 Å². The Balaban J connectivity index is 0.00000169. The van der Waals surface area contributed by atoms with Crippen LogP contribution in [0, 0.1) is 18.3 Å². The lowest BCUT2D eigenvalue weighted by atomic mass is 10.00. The van der Waals surface area contributed by atoms with Gasteiger partial charge in [-0.2, -0.15) is 5.26 Å². The van der Waals surface area contributed by atoms with Gasteiger partial charge in [0.05, 0.1) is 12.5 Å². The first-order chi connectivity index (χ1) is 6.16. The molecule has 0 spiro atoms. The maximum Gasteiger partial charge on any atom is 0.0641 e. The zero-order valence-electron chi connectivity index (χ0n) is 7.83. The van der Waals surface area contributed by atoms with E-state index in [1.54, 1.807) is 6.07 Å². The zero-order valence-corrected chi connectivity index (χ0v) is 9.40. The zero-order chi connectivity index (χ0) is 9.84. The molecule has 4 heteroatoms. The molecule has 0 saturated heterocycles. The molecule has 0 aromatic heterocycles. The molecule has 0 unspecified atom stereocenters. The molecule has 0 aliphatic heterocycles. The summed E-state index contributed by atoms with van der Waals surface area (Å²) in [5.41, 5.74) is 7.72. The van der Waals surface area contributed by atoms with E-state index in [2.05, 4.69) is 0 Å². The first-order valence-electron chi connectivity index (χ1n) is 4.04.